The molecule has 0 saturated carbocycles. The van der Waals surface area contributed by atoms with Crippen LogP contribution in [0.25, 0.3) is 11.1 Å². The minimum absolute atomic E-state index is 0.779. The van der Waals surface area contributed by atoms with Gasteiger partial charge in [-0.1, -0.05) is 24.3 Å². The molecule has 1 aliphatic carbocycles. The van der Waals surface area contributed by atoms with Gasteiger partial charge in [0.05, 0.1) is 14.2 Å². The molecule has 20 heavy (non-hydrogen) atoms. The molecule has 0 aromatic heterocycles. The van der Waals surface area contributed by atoms with Crippen molar-refractivity contribution >= 4 is 0 Å². The Morgan fingerprint density at radius 3 is 2.45 bits per heavy atom. The first-order chi connectivity index (χ1) is 9.83. The number of hydrogen-bond donors (Lipinski definition) is 0. The van der Waals surface area contributed by atoms with Crippen LogP contribution in [-0.4, -0.2) is 14.2 Å². The van der Waals surface area contributed by atoms with Crippen LogP contribution < -0.4 is 9.47 Å². The average molecular weight is 268 g/mol. The number of methoxy groups -OCH3 is 2. The van der Waals surface area contributed by atoms with Crippen LogP contribution in [0.15, 0.2) is 36.4 Å². The lowest BCUT2D eigenvalue weighted by molar-refractivity contribution is 0.355. The van der Waals surface area contributed by atoms with Gasteiger partial charge in [0, 0.05) is 0 Å². The predicted molar refractivity (Wildman–Crippen MR) is 81.6 cm³/mol. The number of ether oxygens (including phenoxy) is 2. The molecule has 0 spiro atoms. The van der Waals surface area contributed by atoms with Crippen molar-refractivity contribution < 1.29 is 9.47 Å². The van der Waals surface area contributed by atoms with Gasteiger partial charge >= 0.3 is 0 Å². The Morgan fingerprint density at radius 1 is 0.850 bits per heavy atom. The van der Waals surface area contributed by atoms with Crippen molar-refractivity contribution in [2.24, 2.45) is 0 Å². The minimum Gasteiger partial charge on any atom is -0.493 e. The molecule has 0 fully saturated rings. The Morgan fingerprint density at radius 2 is 1.65 bits per heavy atom. The highest BCUT2D eigenvalue weighted by atomic mass is 16.5. The van der Waals surface area contributed by atoms with Gasteiger partial charge in [0.2, 0.25) is 0 Å². The first-order valence-electron chi connectivity index (χ1n) is 7.16. The van der Waals surface area contributed by atoms with Crippen molar-refractivity contribution in [3.8, 4) is 22.6 Å². The molecule has 0 heterocycles. The highest BCUT2D eigenvalue weighted by Crippen LogP contribution is 2.36. The van der Waals surface area contributed by atoms with Gasteiger partial charge in [-0.3, -0.25) is 0 Å². The van der Waals surface area contributed by atoms with Crippen LogP contribution in [0.4, 0.5) is 0 Å². The summed E-state index contributed by atoms with van der Waals surface area (Å²) in [6, 6.07) is 12.8. The van der Waals surface area contributed by atoms with Crippen LogP contribution in [0.3, 0.4) is 0 Å². The topological polar surface area (TPSA) is 18.5 Å². The zero-order chi connectivity index (χ0) is 13.9. The summed E-state index contributed by atoms with van der Waals surface area (Å²) in [6.45, 7) is 0. The van der Waals surface area contributed by atoms with E-state index in [9.17, 15) is 0 Å². The molecule has 2 nitrogen and oxygen atoms in total. The second-order valence-corrected chi connectivity index (χ2v) is 5.22. The lowest BCUT2D eigenvalue weighted by Crippen LogP contribution is -2.04. The van der Waals surface area contributed by atoms with E-state index in [0.717, 1.165) is 11.5 Å². The van der Waals surface area contributed by atoms with Crippen LogP contribution >= 0.6 is 0 Å². The molecule has 1 aliphatic rings. The van der Waals surface area contributed by atoms with E-state index >= 15 is 0 Å². The van der Waals surface area contributed by atoms with E-state index in [1.54, 1.807) is 14.2 Å². The van der Waals surface area contributed by atoms with Gasteiger partial charge in [0.1, 0.15) is 0 Å². The highest BCUT2D eigenvalue weighted by Gasteiger charge is 2.15. The summed E-state index contributed by atoms with van der Waals surface area (Å²) >= 11 is 0. The van der Waals surface area contributed by atoms with Crippen LogP contribution in [0.2, 0.25) is 0 Å². The monoisotopic (exact) mass is 268 g/mol. The maximum absolute atomic E-state index is 5.42. The lowest BCUT2D eigenvalue weighted by Gasteiger charge is -2.20. The number of fused-ring (bicyclic) bond motifs is 1. The molecule has 0 bridgehead atoms. The van der Waals surface area contributed by atoms with Crippen molar-refractivity contribution in [1.82, 2.24) is 0 Å². The van der Waals surface area contributed by atoms with E-state index in [0.29, 0.717) is 0 Å². The lowest BCUT2D eigenvalue weighted by atomic mass is 9.86. The fourth-order valence-electron chi connectivity index (χ4n) is 3.06. The molecular weight excluding hydrogens is 248 g/mol. The fraction of sp³-hybridized carbons (Fsp3) is 0.333. The number of benzene rings is 2. The van der Waals surface area contributed by atoms with Gasteiger partial charge in [-0.2, -0.15) is 0 Å². The molecular formula is C18H20O2. The largest absolute Gasteiger partial charge is 0.493 e. The van der Waals surface area contributed by atoms with E-state index in [1.807, 2.05) is 6.07 Å². The maximum atomic E-state index is 5.42. The van der Waals surface area contributed by atoms with Crippen LogP contribution in [0.1, 0.15) is 24.0 Å². The summed E-state index contributed by atoms with van der Waals surface area (Å²) in [7, 11) is 3.35. The van der Waals surface area contributed by atoms with Gasteiger partial charge in [-0.05, 0) is 60.1 Å². The molecule has 0 unspecified atom stereocenters. The first kappa shape index (κ1) is 13.0. The van der Waals surface area contributed by atoms with Gasteiger partial charge in [0.15, 0.2) is 11.5 Å². The third-order valence-electron chi connectivity index (χ3n) is 4.09. The predicted octanol–water partition coefficient (Wildman–Crippen LogP) is 4.25. The molecule has 2 aromatic carbocycles. The Kier molecular flexibility index (Phi) is 3.64. The summed E-state index contributed by atoms with van der Waals surface area (Å²) in [6.07, 6.45) is 4.98. The molecule has 104 valence electrons. The van der Waals surface area contributed by atoms with Gasteiger partial charge in [-0.25, -0.2) is 0 Å². The van der Waals surface area contributed by atoms with E-state index in [4.69, 9.17) is 9.47 Å². The van der Waals surface area contributed by atoms with Crippen molar-refractivity contribution in [2.75, 3.05) is 14.2 Å². The average Bonchev–Trinajstić information content (AvgIpc) is 2.53. The van der Waals surface area contributed by atoms with Crippen molar-refractivity contribution in [3.63, 3.8) is 0 Å². The summed E-state index contributed by atoms with van der Waals surface area (Å²) in [5, 5.41) is 0. The van der Waals surface area contributed by atoms with Crippen molar-refractivity contribution in [3.05, 3.63) is 47.5 Å². The second kappa shape index (κ2) is 5.58. The number of rotatable bonds is 3. The molecule has 3 rings (SSSR count). The van der Waals surface area contributed by atoms with Crippen LogP contribution in [0, 0.1) is 0 Å². The molecule has 0 aliphatic heterocycles. The van der Waals surface area contributed by atoms with Gasteiger partial charge in [-0.15, -0.1) is 0 Å². The summed E-state index contributed by atoms with van der Waals surface area (Å²) in [5.74, 6) is 1.57. The molecule has 0 amide bonds. The van der Waals surface area contributed by atoms with Gasteiger partial charge in [0.25, 0.3) is 0 Å². The zero-order valence-electron chi connectivity index (χ0n) is 12.1. The van der Waals surface area contributed by atoms with Crippen LogP contribution in [-0.2, 0) is 12.8 Å². The molecule has 0 atom stereocenters. The maximum Gasteiger partial charge on any atom is 0.161 e. The Labute approximate surface area is 120 Å². The fourth-order valence-corrected chi connectivity index (χ4v) is 3.06. The smallest absolute Gasteiger partial charge is 0.161 e. The third-order valence-corrected chi connectivity index (χ3v) is 4.09. The summed E-state index contributed by atoms with van der Waals surface area (Å²) in [5.41, 5.74) is 5.55. The highest BCUT2D eigenvalue weighted by molar-refractivity contribution is 5.71. The molecule has 2 aromatic rings. The third kappa shape index (κ3) is 2.26. The van der Waals surface area contributed by atoms with Gasteiger partial charge < -0.3 is 9.47 Å². The Hall–Kier alpha value is -1.96. The van der Waals surface area contributed by atoms with E-state index in [-0.39, 0.29) is 0 Å². The second-order valence-electron chi connectivity index (χ2n) is 5.22. The SMILES string of the molecule is COc1ccc(-c2cccc3c2CCCC3)cc1OC. The molecule has 0 radical (unpaired) electrons. The van der Waals surface area contributed by atoms with E-state index in [1.165, 1.54) is 47.9 Å². The van der Waals surface area contributed by atoms with E-state index in [2.05, 4.69) is 30.3 Å². The quantitative estimate of drug-likeness (QED) is 0.828. The summed E-state index contributed by atoms with van der Waals surface area (Å²) < 4.78 is 10.7. The molecule has 0 saturated heterocycles. The van der Waals surface area contributed by atoms with Crippen molar-refractivity contribution in [1.29, 1.82) is 0 Å². The minimum atomic E-state index is 0.779. The number of hydrogen-bond acceptors (Lipinski definition) is 2. The summed E-state index contributed by atoms with van der Waals surface area (Å²) in [4.78, 5) is 0. The normalized spacial score (nSPS) is 13.7. The first-order valence-corrected chi connectivity index (χ1v) is 7.16. The Balaban J connectivity index is 2.09. The standard InChI is InChI=1S/C18H20O2/c1-19-17-11-10-14(12-18(17)20-2)16-9-5-7-13-6-3-4-8-15(13)16/h5,7,9-12H,3-4,6,8H2,1-2H3. The van der Waals surface area contributed by atoms with E-state index < -0.39 is 0 Å². The molecule has 0 N–H and O–H groups in total. The number of aryl methyl sites for hydroxylation is 1. The van der Waals surface area contributed by atoms with Crippen molar-refractivity contribution in [2.45, 2.75) is 25.7 Å². The zero-order valence-corrected chi connectivity index (χ0v) is 12.1. The molecule has 2 heteroatoms. The Bertz CT molecular complexity index is 617. The van der Waals surface area contributed by atoms with Crippen LogP contribution in [0.5, 0.6) is 11.5 Å².